The second-order valence-corrected chi connectivity index (χ2v) is 8.30. The molecular formula is C19H18ClN7OS. The SMILES string of the molecule is Cc1nc2c(C(C)C)c(NC(=O)Nc3cc(Cl)ccc3-n3nccn3)cnc2s1. The minimum Gasteiger partial charge on any atom is -0.306 e. The molecule has 4 rings (SSSR count). The summed E-state index contributed by atoms with van der Waals surface area (Å²) >= 11 is 7.65. The van der Waals surface area contributed by atoms with E-state index in [1.807, 2.05) is 6.92 Å². The van der Waals surface area contributed by atoms with Gasteiger partial charge in [0, 0.05) is 10.6 Å². The summed E-state index contributed by atoms with van der Waals surface area (Å²) < 4.78 is 0. The summed E-state index contributed by atoms with van der Waals surface area (Å²) in [6, 6.07) is 4.68. The van der Waals surface area contributed by atoms with Crippen LogP contribution < -0.4 is 10.6 Å². The molecule has 0 saturated carbocycles. The number of pyridine rings is 1. The third kappa shape index (κ3) is 3.92. The van der Waals surface area contributed by atoms with Gasteiger partial charge in [-0.2, -0.15) is 10.2 Å². The number of thiazole rings is 1. The summed E-state index contributed by atoms with van der Waals surface area (Å²) in [4.78, 5) is 24.1. The normalized spacial score (nSPS) is 11.2. The van der Waals surface area contributed by atoms with Crippen LogP contribution in [0.2, 0.25) is 5.02 Å². The zero-order chi connectivity index (χ0) is 20.5. The Hall–Kier alpha value is -3.04. The molecule has 0 aliphatic heterocycles. The first-order chi connectivity index (χ1) is 13.9. The van der Waals surface area contributed by atoms with Gasteiger partial charge in [-0.3, -0.25) is 0 Å². The summed E-state index contributed by atoms with van der Waals surface area (Å²) in [6.45, 7) is 6.07. The van der Waals surface area contributed by atoms with Gasteiger partial charge in [0.2, 0.25) is 0 Å². The van der Waals surface area contributed by atoms with Crippen LogP contribution >= 0.6 is 22.9 Å². The average molecular weight is 428 g/mol. The fourth-order valence-corrected chi connectivity index (χ4v) is 4.03. The Morgan fingerprint density at radius 3 is 2.62 bits per heavy atom. The number of aryl methyl sites for hydroxylation is 1. The lowest BCUT2D eigenvalue weighted by Crippen LogP contribution is -2.22. The van der Waals surface area contributed by atoms with E-state index in [1.54, 1.807) is 36.8 Å². The van der Waals surface area contributed by atoms with Crippen molar-refractivity contribution in [1.82, 2.24) is 25.0 Å². The molecule has 29 heavy (non-hydrogen) atoms. The number of fused-ring (bicyclic) bond motifs is 1. The number of hydrogen-bond acceptors (Lipinski definition) is 6. The third-order valence-electron chi connectivity index (χ3n) is 4.24. The summed E-state index contributed by atoms with van der Waals surface area (Å²) in [5.41, 5.74) is 3.48. The minimum atomic E-state index is -0.421. The highest BCUT2D eigenvalue weighted by Gasteiger charge is 2.18. The van der Waals surface area contributed by atoms with Crippen molar-refractivity contribution in [3.05, 3.63) is 52.4 Å². The van der Waals surface area contributed by atoms with Crippen LogP contribution in [0.4, 0.5) is 16.2 Å². The Morgan fingerprint density at radius 1 is 1.17 bits per heavy atom. The van der Waals surface area contributed by atoms with Gasteiger partial charge in [-0.25, -0.2) is 14.8 Å². The molecule has 0 atom stereocenters. The predicted molar refractivity (Wildman–Crippen MR) is 115 cm³/mol. The second kappa shape index (κ2) is 7.76. The average Bonchev–Trinajstić information content (AvgIpc) is 3.30. The minimum absolute atomic E-state index is 0.160. The molecule has 0 unspecified atom stereocenters. The van der Waals surface area contributed by atoms with Crippen molar-refractivity contribution in [3.8, 4) is 5.69 Å². The third-order valence-corrected chi connectivity index (χ3v) is 5.35. The Kier molecular flexibility index (Phi) is 5.16. The van der Waals surface area contributed by atoms with Gasteiger partial charge in [0.15, 0.2) is 0 Å². The molecule has 0 spiro atoms. The highest BCUT2D eigenvalue weighted by Crippen LogP contribution is 2.33. The van der Waals surface area contributed by atoms with Gasteiger partial charge in [0.1, 0.15) is 16.0 Å². The molecule has 3 heterocycles. The molecule has 1 aromatic carbocycles. The Morgan fingerprint density at radius 2 is 1.90 bits per heavy atom. The summed E-state index contributed by atoms with van der Waals surface area (Å²) in [5, 5.41) is 15.4. The number of aromatic nitrogens is 5. The van der Waals surface area contributed by atoms with Crippen LogP contribution in [0.25, 0.3) is 16.0 Å². The highest BCUT2D eigenvalue weighted by atomic mass is 35.5. The van der Waals surface area contributed by atoms with E-state index in [4.69, 9.17) is 11.6 Å². The van der Waals surface area contributed by atoms with Crippen LogP contribution in [0.5, 0.6) is 0 Å². The van der Waals surface area contributed by atoms with Crippen molar-refractivity contribution in [2.45, 2.75) is 26.7 Å². The van der Waals surface area contributed by atoms with Gasteiger partial charge < -0.3 is 10.6 Å². The number of benzene rings is 1. The maximum Gasteiger partial charge on any atom is 0.323 e. The molecule has 0 saturated heterocycles. The van der Waals surface area contributed by atoms with Crippen LogP contribution in [-0.4, -0.2) is 31.0 Å². The van der Waals surface area contributed by atoms with Gasteiger partial charge in [0.05, 0.1) is 35.0 Å². The Balaban J connectivity index is 1.65. The van der Waals surface area contributed by atoms with E-state index in [0.717, 1.165) is 20.9 Å². The van der Waals surface area contributed by atoms with Crippen LogP contribution in [-0.2, 0) is 0 Å². The molecule has 10 heteroatoms. The van der Waals surface area contributed by atoms with Gasteiger partial charge in [-0.1, -0.05) is 36.8 Å². The number of anilines is 2. The monoisotopic (exact) mass is 427 g/mol. The molecule has 0 aliphatic rings. The zero-order valence-corrected chi connectivity index (χ0v) is 17.5. The topological polar surface area (TPSA) is 97.6 Å². The fourth-order valence-electron chi connectivity index (χ4n) is 3.08. The summed E-state index contributed by atoms with van der Waals surface area (Å²) in [6.07, 6.45) is 4.79. The zero-order valence-electron chi connectivity index (χ0n) is 16.0. The molecule has 0 radical (unpaired) electrons. The lowest BCUT2D eigenvalue weighted by Gasteiger charge is -2.15. The number of hydrogen-bond donors (Lipinski definition) is 2. The molecule has 8 nitrogen and oxygen atoms in total. The van der Waals surface area contributed by atoms with Crippen LogP contribution in [0.3, 0.4) is 0 Å². The molecule has 148 valence electrons. The Labute approximate surface area is 175 Å². The first-order valence-corrected chi connectivity index (χ1v) is 10.1. The molecule has 2 N–H and O–H groups in total. The standard InChI is InChI=1S/C19H18ClN7OS/c1-10(2)16-14(9-21-18-17(16)24-11(3)29-18)26-19(28)25-13-8-12(20)4-5-15(13)27-22-6-7-23-27/h4-10H,1-3H3,(H2,25,26,28). The van der Waals surface area contributed by atoms with E-state index in [1.165, 1.54) is 16.1 Å². The van der Waals surface area contributed by atoms with E-state index in [2.05, 4.69) is 44.6 Å². The number of carbonyl (C=O) groups excluding carboxylic acids is 1. The van der Waals surface area contributed by atoms with Gasteiger partial charge >= 0.3 is 6.03 Å². The number of urea groups is 1. The number of rotatable bonds is 4. The quantitative estimate of drug-likeness (QED) is 0.477. The predicted octanol–water partition coefficient (Wildman–Crippen LogP) is 5.00. The van der Waals surface area contributed by atoms with Crippen LogP contribution in [0, 0.1) is 6.92 Å². The molecular weight excluding hydrogens is 410 g/mol. The maximum atomic E-state index is 12.8. The van der Waals surface area contributed by atoms with E-state index in [0.29, 0.717) is 22.1 Å². The fraction of sp³-hybridized carbons (Fsp3) is 0.211. The summed E-state index contributed by atoms with van der Waals surface area (Å²) in [5.74, 6) is 0.160. The number of halogens is 1. The lowest BCUT2D eigenvalue weighted by atomic mass is 10.0. The second-order valence-electron chi connectivity index (χ2n) is 6.69. The first kappa shape index (κ1) is 19.3. The van der Waals surface area contributed by atoms with E-state index < -0.39 is 6.03 Å². The molecule has 2 amide bonds. The van der Waals surface area contributed by atoms with E-state index in [9.17, 15) is 4.79 Å². The van der Waals surface area contributed by atoms with Crippen molar-refractivity contribution < 1.29 is 4.79 Å². The molecule has 0 fully saturated rings. The molecule has 0 aliphatic carbocycles. The molecule has 0 bridgehead atoms. The van der Waals surface area contributed by atoms with E-state index in [-0.39, 0.29) is 5.92 Å². The first-order valence-electron chi connectivity index (χ1n) is 8.92. The van der Waals surface area contributed by atoms with Crippen molar-refractivity contribution in [1.29, 1.82) is 0 Å². The van der Waals surface area contributed by atoms with Crippen molar-refractivity contribution >= 4 is 50.7 Å². The highest BCUT2D eigenvalue weighted by molar-refractivity contribution is 7.18. The maximum absolute atomic E-state index is 12.8. The number of carbonyl (C=O) groups is 1. The number of amides is 2. The van der Waals surface area contributed by atoms with Crippen LogP contribution in [0.1, 0.15) is 30.3 Å². The van der Waals surface area contributed by atoms with Crippen molar-refractivity contribution in [2.24, 2.45) is 0 Å². The van der Waals surface area contributed by atoms with Gasteiger partial charge in [-0.15, -0.1) is 4.80 Å². The number of nitrogens with one attached hydrogen (secondary N) is 2. The van der Waals surface area contributed by atoms with Crippen molar-refractivity contribution in [2.75, 3.05) is 10.6 Å². The van der Waals surface area contributed by atoms with Crippen molar-refractivity contribution in [3.63, 3.8) is 0 Å². The molecule has 4 aromatic rings. The lowest BCUT2D eigenvalue weighted by molar-refractivity contribution is 0.262. The molecule has 3 aromatic heterocycles. The van der Waals surface area contributed by atoms with Crippen LogP contribution in [0.15, 0.2) is 36.8 Å². The summed E-state index contributed by atoms with van der Waals surface area (Å²) in [7, 11) is 0. The van der Waals surface area contributed by atoms with E-state index >= 15 is 0 Å². The number of nitrogens with zero attached hydrogens (tertiary/aromatic N) is 5. The smallest absolute Gasteiger partial charge is 0.306 e. The van der Waals surface area contributed by atoms with Gasteiger partial charge in [0.25, 0.3) is 0 Å². The Bertz CT molecular complexity index is 1190. The largest absolute Gasteiger partial charge is 0.323 e. The van der Waals surface area contributed by atoms with Gasteiger partial charge in [-0.05, 0) is 31.0 Å².